The van der Waals surface area contributed by atoms with Crippen LogP contribution >= 0.6 is 0 Å². The number of benzene rings is 8. The molecule has 0 spiro atoms. The molecule has 6 heteroatoms. The third kappa shape index (κ3) is 4.28. The maximum Gasteiger partial charge on any atom is 0.218 e. The van der Waals surface area contributed by atoms with Gasteiger partial charge in [0.15, 0.2) is 5.69 Å². The maximum absolute atomic E-state index is 11.0. The molecule has 0 N–H and O–H groups in total. The van der Waals surface area contributed by atoms with Gasteiger partial charge in [0.05, 0.1) is 46.5 Å². The van der Waals surface area contributed by atoms with Crippen LogP contribution in [-0.2, 0) is 5.41 Å². The van der Waals surface area contributed by atoms with Gasteiger partial charge in [-0.2, -0.15) is 5.26 Å². The molecule has 0 amide bonds. The van der Waals surface area contributed by atoms with Gasteiger partial charge in [-0.15, -0.1) is 0 Å². The number of nitrogens with zero attached hydrogens (tertiary/aromatic N) is 5. The Bertz CT molecular complexity index is 3850. The smallest absolute Gasteiger partial charge is 0.218 e. The van der Waals surface area contributed by atoms with Gasteiger partial charge in [-0.1, -0.05) is 123 Å². The minimum atomic E-state index is -0.291. The highest BCUT2D eigenvalue weighted by Crippen LogP contribution is 2.55. The summed E-state index contributed by atoms with van der Waals surface area (Å²) in [6.45, 7) is 21.6. The van der Waals surface area contributed by atoms with E-state index in [4.69, 9.17) is 17.6 Å². The molecular formula is C54H31N5O. The lowest BCUT2D eigenvalue weighted by Crippen LogP contribution is -2.15. The normalized spacial score (nSPS) is 12.9. The van der Waals surface area contributed by atoms with Gasteiger partial charge < -0.3 is 13.6 Å². The van der Waals surface area contributed by atoms with Crippen LogP contribution in [0.25, 0.3) is 109 Å². The van der Waals surface area contributed by atoms with Crippen molar-refractivity contribution in [1.29, 1.82) is 5.26 Å². The molecule has 1 aliphatic carbocycles. The predicted molar refractivity (Wildman–Crippen MR) is 243 cm³/mol. The van der Waals surface area contributed by atoms with Crippen molar-refractivity contribution >= 4 is 76.9 Å². The van der Waals surface area contributed by atoms with Gasteiger partial charge in [-0.3, -0.25) is 4.85 Å². The number of furan rings is 1. The summed E-state index contributed by atoms with van der Waals surface area (Å²) in [6.07, 6.45) is 0. The number of fused-ring (bicyclic) bond motifs is 13. The zero-order valence-corrected chi connectivity index (χ0v) is 32.6. The van der Waals surface area contributed by atoms with Gasteiger partial charge in [0, 0.05) is 49.0 Å². The summed E-state index contributed by atoms with van der Waals surface area (Å²) in [5.41, 5.74) is 13.9. The minimum Gasteiger partial charge on any atom is -0.456 e. The van der Waals surface area contributed by atoms with Crippen molar-refractivity contribution in [3.63, 3.8) is 0 Å². The summed E-state index contributed by atoms with van der Waals surface area (Å²) >= 11 is 0. The zero-order valence-electron chi connectivity index (χ0n) is 32.6. The average molecular weight is 766 g/mol. The van der Waals surface area contributed by atoms with Gasteiger partial charge in [0.25, 0.3) is 0 Å². The number of hydrogen-bond acceptors (Lipinski definition) is 2. The fourth-order valence-corrected chi connectivity index (χ4v) is 10.3. The van der Waals surface area contributed by atoms with E-state index in [0.717, 1.165) is 76.7 Å². The van der Waals surface area contributed by atoms with Crippen LogP contribution in [0.1, 0.15) is 30.5 Å². The minimum absolute atomic E-state index is 0.260. The first-order valence-electron chi connectivity index (χ1n) is 19.9. The molecule has 8 aromatic carbocycles. The number of aromatic nitrogens is 2. The molecule has 1 aliphatic rings. The van der Waals surface area contributed by atoms with Gasteiger partial charge in [0.2, 0.25) is 5.69 Å². The van der Waals surface area contributed by atoms with E-state index in [1.807, 2.05) is 60.7 Å². The molecule has 0 aliphatic heterocycles. The monoisotopic (exact) mass is 765 g/mol. The number of rotatable bonds is 3. The summed E-state index contributed by atoms with van der Waals surface area (Å²) < 4.78 is 10.8. The number of nitriles is 1. The Morgan fingerprint density at radius 3 is 2.00 bits per heavy atom. The fourth-order valence-electron chi connectivity index (χ4n) is 10.3. The molecule has 0 atom stereocenters. The van der Waals surface area contributed by atoms with Gasteiger partial charge >= 0.3 is 0 Å². The van der Waals surface area contributed by atoms with Crippen molar-refractivity contribution in [1.82, 2.24) is 9.13 Å². The van der Waals surface area contributed by atoms with E-state index in [9.17, 15) is 5.26 Å². The lowest BCUT2D eigenvalue weighted by Gasteiger charge is -2.23. The Morgan fingerprint density at radius 2 is 1.20 bits per heavy atom. The van der Waals surface area contributed by atoms with Crippen LogP contribution in [0.3, 0.4) is 0 Å². The highest BCUT2D eigenvalue weighted by molar-refractivity contribution is 6.18. The molecule has 6 nitrogen and oxygen atoms in total. The van der Waals surface area contributed by atoms with E-state index < -0.39 is 0 Å². The SMILES string of the molecule is [C-]#[N+]c1ccc(-c2cccc(C#N)c2-n2c3ccccc3c3cc4oc5ccccc5c4cc32)c(-n2c3ccccc3c3c4c(ccc32)-c2ccccc2C4(C)C)c1[N+]#[C-]. The quantitative estimate of drug-likeness (QED) is 0.168. The molecule has 3 heterocycles. The van der Waals surface area contributed by atoms with Crippen molar-refractivity contribution in [2.75, 3.05) is 0 Å². The number of hydrogen-bond donors (Lipinski definition) is 0. The molecule has 12 rings (SSSR count). The molecule has 0 saturated heterocycles. The van der Waals surface area contributed by atoms with Crippen molar-refractivity contribution < 1.29 is 4.42 Å². The summed E-state index contributed by atoms with van der Waals surface area (Å²) in [4.78, 5) is 8.06. The zero-order chi connectivity index (χ0) is 40.4. The van der Waals surface area contributed by atoms with E-state index >= 15 is 0 Å². The molecule has 0 radical (unpaired) electrons. The third-order valence-corrected chi connectivity index (χ3v) is 12.8. The molecule has 0 saturated carbocycles. The fraction of sp³-hybridized carbons (Fsp3) is 0.0556. The highest BCUT2D eigenvalue weighted by atomic mass is 16.3. The second-order valence-corrected chi connectivity index (χ2v) is 16.1. The first-order chi connectivity index (χ1) is 29.4. The van der Waals surface area contributed by atoms with E-state index in [1.54, 1.807) is 6.07 Å². The van der Waals surface area contributed by atoms with Gasteiger partial charge in [-0.25, -0.2) is 4.85 Å². The van der Waals surface area contributed by atoms with Crippen molar-refractivity contribution in [3.05, 3.63) is 191 Å². The van der Waals surface area contributed by atoms with E-state index in [0.29, 0.717) is 16.9 Å². The summed E-state index contributed by atoms with van der Waals surface area (Å²) in [5, 5.41) is 17.2. The van der Waals surface area contributed by atoms with Crippen molar-refractivity contribution in [2.24, 2.45) is 0 Å². The lowest BCUT2D eigenvalue weighted by atomic mass is 9.80. The summed E-state index contributed by atoms with van der Waals surface area (Å²) in [5.74, 6) is 0. The Labute approximate surface area is 344 Å². The predicted octanol–water partition coefficient (Wildman–Crippen LogP) is 14.7. The Hall–Kier alpha value is -8.37. The molecule has 278 valence electrons. The molecule has 3 aromatic heterocycles. The van der Waals surface area contributed by atoms with Gasteiger partial charge in [-0.05, 0) is 70.3 Å². The van der Waals surface area contributed by atoms with Crippen LogP contribution in [0.2, 0.25) is 0 Å². The Kier molecular flexibility index (Phi) is 6.79. The van der Waals surface area contributed by atoms with Crippen LogP contribution in [0.5, 0.6) is 0 Å². The molecule has 60 heavy (non-hydrogen) atoms. The molecule has 0 unspecified atom stereocenters. The Balaban J connectivity index is 1.23. The van der Waals surface area contributed by atoms with Crippen LogP contribution in [-0.4, -0.2) is 9.13 Å². The van der Waals surface area contributed by atoms with Crippen molar-refractivity contribution in [3.8, 4) is 39.7 Å². The molecular weight excluding hydrogens is 735 g/mol. The van der Waals surface area contributed by atoms with Crippen LogP contribution in [0, 0.1) is 24.5 Å². The van der Waals surface area contributed by atoms with E-state index in [1.165, 1.54) is 22.3 Å². The molecule has 11 aromatic rings. The second kappa shape index (κ2) is 12.1. The topological polar surface area (TPSA) is 55.5 Å². The Morgan fingerprint density at radius 1 is 0.533 bits per heavy atom. The summed E-state index contributed by atoms with van der Waals surface area (Å²) in [6, 6.07) is 54.1. The van der Waals surface area contributed by atoms with Crippen LogP contribution < -0.4 is 0 Å². The lowest BCUT2D eigenvalue weighted by molar-refractivity contribution is 0.666. The van der Waals surface area contributed by atoms with Crippen LogP contribution in [0.15, 0.2) is 156 Å². The molecule has 0 fully saturated rings. The highest BCUT2D eigenvalue weighted by Gasteiger charge is 2.38. The van der Waals surface area contributed by atoms with E-state index in [2.05, 4.69) is 124 Å². The molecule has 0 bridgehead atoms. The van der Waals surface area contributed by atoms with Crippen LogP contribution in [0.4, 0.5) is 11.4 Å². The first-order valence-corrected chi connectivity index (χ1v) is 19.9. The third-order valence-electron chi connectivity index (χ3n) is 12.8. The first kappa shape index (κ1) is 33.7. The van der Waals surface area contributed by atoms with E-state index in [-0.39, 0.29) is 16.8 Å². The largest absolute Gasteiger partial charge is 0.456 e. The second-order valence-electron chi connectivity index (χ2n) is 16.1. The average Bonchev–Trinajstić information content (AvgIpc) is 3.99. The van der Waals surface area contributed by atoms with Gasteiger partial charge in [0.1, 0.15) is 17.2 Å². The maximum atomic E-state index is 11.0. The summed E-state index contributed by atoms with van der Waals surface area (Å²) in [7, 11) is 0. The number of para-hydroxylation sites is 4. The standard InChI is InChI=1S/C54H31N5O/c1-54(2)41-20-9-5-15-32(41)35-25-27-45-49(50(35)54)38-18-7-11-22-44(38)58(45)53-37(24-26-42(56-3)51(53)57-4)36-19-13-14-31(30-55)52(36)59-43-21-10-6-16-33(43)39-29-48-40(28-46(39)59)34-17-8-12-23-47(34)60-48/h5-29H,1-2H3. The van der Waals surface area contributed by atoms with Crippen molar-refractivity contribution in [2.45, 2.75) is 19.3 Å².